The zero-order valence-corrected chi connectivity index (χ0v) is 17.5. The van der Waals surface area contributed by atoms with Crippen molar-refractivity contribution >= 4 is 5.69 Å². The van der Waals surface area contributed by atoms with Gasteiger partial charge in [-0.1, -0.05) is 38.6 Å². The highest BCUT2D eigenvalue weighted by atomic mass is 19.4. The number of alkyl halides is 3. The van der Waals surface area contributed by atoms with Gasteiger partial charge in [-0.3, -0.25) is 0 Å². The Bertz CT molecular complexity index is 792. The number of rotatable bonds is 12. The smallest absolute Gasteiger partial charge is 0.362 e. The van der Waals surface area contributed by atoms with Crippen LogP contribution in [-0.4, -0.2) is 19.6 Å². The van der Waals surface area contributed by atoms with Gasteiger partial charge in [0.05, 0.1) is 11.6 Å². The lowest BCUT2D eigenvalue weighted by atomic mass is 10.0. The summed E-state index contributed by atoms with van der Waals surface area (Å²) in [5.74, 6) is 0. The minimum atomic E-state index is -4.38. The molecule has 0 heterocycles. The van der Waals surface area contributed by atoms with Crippen molar-refractivity contribution in [3.8, 4) is 0 Å². The van der Waals surface area contributed by atoms with Gasteiger partial charge in [0.1, 0.15) is 0 Å². The lowest BCUT2D eigenvalue weighted by Crippen LogP contribution is -2.35. The van der Waals surface area contributed by atoms with E-state index in [-0.39, 0.29) is 6.04 Å². The Kier molecular flexibility index (Phi) is 10.7. The van der Waals surface area contributed by atoms with Gasteiger partial charge in [0.15, 0.2) is 0 Å². The first-order valence-electron chi connectivity index (χ1n) is 9.71. The van der Waals surface area contributed by atoms with Crippen LogP contribution < -0.4 is 21.7 Å². The average Bonchev–Trinajstić information content (AvgIpc) is 2.68. The van der Waals surface area contributed by atoms with Gasteiger partial charge in [-0.25, -0.2) is 0 Å². The normalized spacial score (nSPS) is 13.9. The second-order valence-corrected chi connectivity index (χ2v) is 6.55. The van der Waals surface area contributed by atoms with Crippen LogP contribution in [0.2, 0.25) is 0 Å². The molecule has 0 saturated carbocycles. The first-order valence-corrected chi connectivity index (χ1v) is 9.71. The summed E-state index contributed by atoms with van der Waals surface area (Å²) in [6.45, 7) is 10.3. The molecule has 5 N–H and O–H groups in total. The Labute approximate surface area is 177 Å². The standard InChI is InChI=1S/C23H31F3N4/c1-5-8-19(9-6-2)30-21(12-14-27)22(28-4)17(3)13-15-29-20-11-7-10-18(16-20)23(24,25)26/h5,7-8,10-13,15-16,22,28-30H,1,3,6,9,14,27H2,2,4H3/b15-13-,19-8+,21-12-. The molecule has 0 saturated heterocycles. The molecule has 0 amide bonds. The van der Waals surface area contributed by atoms with Gasteiger partial charge in [0.25, 0.3) is 0 Å². The highest BCUT2D eigenvalue weighted by Gasteiger charge is 2.30. The van der Waals surface area contributed by atoms with Crippen molar-refractivity contribution in [2.45, 2.75) is 32.0 Å². The maximum Gasteiger partial charge on any atom is 0.416 e. The third-order valence-electron chi connectivity index (χ3n) is 4.19. The second-order valence-electron chi connectivity index (χ2n) is 6.55. The molecule has 1 aromatic carbocycles. The van der Waals surface area contributed by atoms with Crippen molar-refractivity contribution in [2.75, 3.05) is 18.9 Å². The molecule has 164 valence electrons. The fourth-order valence-corrected chi connectivity index (χ4v) is 2.82. The summed E-state index contributed by atoms with van der Waals surface area (Å²) in [5, 5.41) is 9.44. The maximum atomic E-state index is 12.8. The SMILES string of the molecule is C=C/C=C(\CCC)N/C(=C\CN)C(NC)C(=C)/C=C\Nc1cccc(C(F)(F)F)c1. The summed E-state index contributed by atoms with van der Waals surface area (Å²) in [5.41, 5.74) is 7.92. The maximum absolute atomic E-state index is 12.8. The van der Waals surface area contributed by atoms with Crippen molar-refractivity contribution in [1.82, 2.24) is 10.6 Å². The first-order chi connectivity index (χ1) is 14.3. The van der Waals surface area contributed by atoms with Gasteiger partial charge >= 0.3 is 6.18 Å². The summed E-state index contributed by atoms with van der Waals surface area (Å²) in [4.78, 5) is 0. The van der Waals surface area contributed by atoms with E-state index in [4.69, 9.17) is 5.73 Å². The quantitative estimate of drug-likeness (QED) is 0.356. The number of hydrogen-bond donors (Lipinski definition) is 4. The van der Waals surface area contributed by atoms with E-state index in [2.05, 4.69) is 36.0 Å². The molecule has 4 nitrogen and oxygen atoms in total. The van der Waals surface area contributed by atoms with Crippen LogP contribution in [0, 0.1) is 0 Å². The predicted octanol–water partition coefficient (Wildman–Crippen LogP) is 5.08. The molecule has 1 unspecified atom stereocenters. The van der Waals surface area contributed by atoms with Crippen molar-refractivity contribution in [3.63, 3.8) is 0 Å². The lowest BCUT2D eigenvalue weighted by Gasteiger charge is -2.23. The van der Waals surface area contributed by atoms with Crippen LogP contribution in [0.1, 0.15) is 25.3 Å². The molecule has 0 aromatic heterocycles. The lowest BCUT2D eigenvalue weighted by molar-refractivity contribution is -0.137. The zero-order chi connectivity index (χ0) is 22.6. The average molecular weight is 421 g/mol. The van der Waals surface area contributed by atoms with Gasteiger partial charge in [0.2, 0.25) is 0 Å². The van der Waals surface area contributed by atoms with E-state index < -0.39 is 11.7 Å². The molecule has 1 atom stereocenters. The Morgan fingerprint density at radius 2 is 2.03 bits per heavy atom. The van der Waals surface area contributed by atoms with Gasteiger partial charge in [-0.2, -0.15) is 13.2 Å². The Hall–Kier alpha value is -2.77. The molecule has 0 aliphatic rings. The van der Waals surface area contributed by atoms with Crippen molar-refractivity contribution in [2.24, 2.45) is 5.73 Å². The Morgan fingerprint density at radius 1 is 1.30 bits per heavy atom. The van der Waals surface area contributed by atoms with Crippen LogP contribution in [0.25, 0.3) is 0 Å². The highest BCUT2D eigenvalue weighted by Crippen LogP contribution is 2.30. The van der Waals surface area contributed by atoms with E-state index in [1.807, 2.05) is 12.2 Å². The number of benzene rings is 1. The van der Waals surface area contributed by atoms with E-state index in [1.165, 1.54) is 6.07 Å². The number of hydrogen-bond acceptors (Lipinski definition) is 4. The molecule has 0 spiro atoms. The van der Waals surface area contributed by atoms with Gasteiger partial charge < -0.3 is 21.7 Å². The summed E-state index contributed by atoms with van der Waals surface area (Å²) in [7, 11) is 1.80. The highest BCUT2D eigenvalue weighted by molar-refractivity contribution is 5.49. The molecule has 1 rings (SSSR count). The number of nitrogens with two attached hydrogens (primary N) is 1. The van der Waals surface area contributed by atoms with Crippen LogP contribution in [-0.2, 0) is 6.18 Å². The molecular formula is C23H31F3N4. The van der Waals surface area contributed by atoms with Crippen molar-refractivity contribution in [3.05, 3.63) is 90.5 Å². The molecular weight excluding hydrogens is 389 g/mol. The van der Waals surface area contributed by atoms with Gasteiger partial charge in [-0.05, 0) is 55.5 Å². The molecule has 30 heavy (non-hydrogen) atoms. The van der Waals surface area contributed by atoms with Crippen molar-refractivity contribution in [1.29, 1.82) is 0 Å². The second kappa shape index (κ2) is 12.7. The van der Waals surface area contributed by atoms with Crippen LogP contribution >= 0.6 is 0 Å². The molecule has 0 aliphatic carbocycles. The van der Waals surface area contributed by atoms with Crippen LogP contribution in [0.5, 0.6) is 0 Å². The van der Waals surface area contributed by atoms with Crippen LogP contribution in [0.4, 0.5) is 18.9 Å². The van der Waals surface area contributed by atoms with E-state index >= 15 is 0 Å². The largest absolute Gasteiger partial charge is 0.416 e. The number of likely N-dealkylation sites (N-methyl/N-ethyl adjacent to an activating group) is 1. The summed E-state index contributed by atoms with van der Waals surface area (Å²) in [6.07, 6.45) is 6.21. The zero-order valence-electron chi connectivity index (χ0n) is 17.5. The van der Waals surface area contributed by atoms with Crippen LogP contribution in [0.3, 0.4) is 0 Å². The summed E-state index contributed by atoms with van der Waals surface area (Å²) < 4.78 is 38.5. The predicted molar refractivity (Wildman–Crippen MR) is 120 cm³/mol. The third kappa shape index (κ3) is 8.31. The Balaban J connectivity index is 2.93. The van der Waals surface area contributed by atoms with E-state index in [1.54, 1.807) is 31.5 Å². The fourth-order valence-electron chi connectivity index (χ4n) is 2.82. The van der Waals surface area contributed by atoms with Crippen LogP contribution in [0.15, 0.2) is 84.9 Å². The number of allylic oxidation sites excluding steroid dienone is 3. The van der Waals surface area contributed by atoms with E-state index in [0.29, 0.717) is 17.8 Å². The molecule has 0 radical (unpaired) electrons. The number of halogens is 3. The number of anilines is 1. The minimum absolute atomic E-state index is 0.252. The molecule has 0 aliphatic heterocycles. The van der Waals surface area contributed by atoms with E-state index in [0.717, 1.165) is 36.4 Å². The summed E-state index contributed by atoms with van der Waals surface area (Å²) >= 11 is 0. The summed E-state index contributed by atoms with van der Waals surface area (Å²) in [6, 6.07) is 4.76. The monoisotopic (exact) mass is 420 g/mol. The third-order valence-corrected chi connectivity index (χ3v) is 4.19. The first kappa shape index (κ1) is 25.3. The Morgan fingerprint density at radius 3 is 2.60 bits per heavy atom. The van der Waals surface area contributed by atoms with Crippen molar-refractivity contribution < 1.29 is 13.2 Å². The minimum Gasteiger partial charge on any atom is -0.362 e. The molecule has 7 heteroatoms. The molecule has 1 aromatic rings. The van der Waals surface area contributed by atoms with E-state index in [9.17, 15) is 13.2 Å². The number of nitrogens with one attached hydrogen (secondary N) is 3. The van der Waals surface area contributed by atoms with Gasteiger partial charge in [0, 0.05) is 29.8 Å². The van der Waals surface area contributed by atoms with Gasteiger partial charge in [-0.15, -0.1) is 0 Å². The molecule has 0 fully saturated rings. The fraction of sp³-hybridized carbons (Fsp3) is 0.304. The topological polar surface area (TPSA) is 62.1 Å². The molecule has 0 bridgehead atoms.